The number of hydrogen-bond acceptors (Lipinski definition) is 4. The summed E-state index contributed by atoms with van der Waals surface area (Å²) in [5.74, 6) is -1.07. The topological polar surface area (TPSA) is 99.9 Å². The molecule has 0 aliphatic carbocycles. The van der Waals surface area contributed by atoms with Crippen LogP contribution in [0.3, 0.4) is 0 Å². The zero-order valence-corrected chi connectivity index (χ0v) is 8.59. The Morgan fingerprint density at radius 3 is 2.44 bits per heavy atom. The minimum Gasteiger partial charge on any atom is -0.550 e. The van der Waals surface area contributed by atoms with Crippen molar-refractivity contribution in [2.24, 2.45) is 0 Å². The third-order valence-electron chi connectivity index (χ3n) is 2.08. The molecular weight excluding hydrogens is 212 g/mol. The molecule has 1 rings (SSSR count). The van der Waals surface area contributed by atoms with E-state index >= 15 is 0 Å². The number of nitro benzene ring substituents is 1. The number of quaternary nitrogens is 1. The van der Waals surface area contributed by atoms with Crippen LogP contribution in [0.2, 0.25) is 0 Å². The molecule has 0 unspecified atom stereocenters. The fourth-order valence-electron chi connectivity index (χ4n) is 1.24. The Bertz CT molecular complexity index is 375. The molecule has 0 saturated carbocycles. The van der Waals surface area contributed by atoms with Crippen LogP contribution in [0.5, 0.6) is 0 Å². The zero-order valence-electron chi connectivity index (χ0n) is 8.59. The fourth-order valence-corrected chi connectivity index (χ4v) is 1.24. The van der Waals surface area contributed by atoms with Crippen LogP contribution in [-0.4, -0.2) is 17.4 Å². The molecule has 0 radical (unpaired) electrons. The molecule has 0 spiro atoms. The Labute approximate surface area is 92.0 Å². The van der Waals surface area contributed by atoms with Crippen LogP contribution in [0.25, 0.3) is 0 Å². The molecule has 1 aromatic rings. The number of carboxylic acids is 1. The summed E-state index contributed by atoms with van der Waals surface area (Å²) in [6.07, 6.45) is 0.00693. The largest absolute Gasteiger partial charge is 0.550 e. The van der Waals surface area contributed by atoms with Crippen molar-refractivity contribution in [1.29, 1.82) is 0 Å². The maximum absolute atomic E-state index is 10.4. The number of non-ortho nitro benzene ring substituents is 1. The Kier molecular flexibility index (Phi) is 4.41. The van der Waals surface area contributed by atoms with Gasteiger partial charge in [0, 0.05) is 30.1 Å². The Hall–Kier alpha value is -1.95. The van der Waals surface area contributed by atoms with Gasteiger partial charge in [0.1, 0.15) is 6.54 Å². The zero-order chi connectivity index (χ0) is 12.0. The lowest BCUT2D eigenvalue weighted by molar-refractivity contribution is -0.670. The predicted molar refractivity (Wildman–Crippen MR) is 53.2 cm³/mol. The van der Waals surface area contributed by atoms with Crippen molar-refractivity contribution in [3.05, 3.63) is 39.9 Å². The van der Waals surface area contributed by atoms with Crippen molar-refractivity contribution in [3.8, 4) is 0 Å². The maximum atomic E-state index is 10.4. The molecule has 2 N–H and O–H groups in total. The van der Waals surface area contributed by atoms with Gasteiger partial charge >= 0.3 is 0 Å². The van der Waals surface area contributed by atoms with E-state index in [9.17, 15) is 20.0 Å². The van der Waals surface area contributed by atoms with E-state index in [1.54, 1.807) is 12.1 Å². The lowest BCUT2D eigenvalue weighted by Gasteiger charge is -2.02. The average Bonchev–Trinajstić information content (AvgIpc) is 2.25. The summed E-state index contributed by atoms with van der Waals surface area (Å²) in [6, 6.07) is 6.19. The number of aliphatic carboxylic acids is 1. The monoisotopic (exact) mass is 224 g/mol. The summed E-state index contributed by atoms with van der Waals surface area (Å²) in [4.78, 5) is 20.0. The summed E-state index contributed by atoms with van der Waals surface area (Å²) in [7, 11) is 0. The smallest absolute Gasteiger partial charge is 0.269 e. The van der Waals surface area contributed by atoms with Gasteiger partial charge in [-0.2, -0.15) is 0 Å². The normalized spacial score (nSPS) is 10.0. The van der Waals surface area contributed by atoms with Gasteiger partial charge in [0.15, 0.2) is 0 Å². The van der Waals surface area contributed by atoms with E-state index in [1.807, 2.05) is 5.32 Å². The Balaban J connectivity index is 2.38. The number of carbonyl (C=O) groups excluding carboxylic acids is 1. The quantitative estimate of drug-likeness (QED) is 0.372. The van der Waals surface area contributed by atoms with Gasteiger partial charge < -0.3 is 15.2 Å². The molecule has 0 aliphatic rings. The summed E-state index contributed by atoms with van der Waals surface area (Å²) in [6.45, 7) is 1.05. The Morgan fingerprint density at radius 1 is 1.31 bits per heavy atom. The van der Waals surface area contributed by atoms with Crippen LogP contribution in [0.15, 0.2) is 24.3 Å². The minimum absolute atomic E-state index is 0.00693. The second-order valence-electron chi connectivity index (χ2n) is 3.33. The van der Waals surface area contributed by atoms with Gasteiger partial charge in [-0.3, -0.25) is 10.1 Å². The lowest BCUT2D eigenvalue weighted by Crippen LogP contribution is -2.83. The van der Waals surface area contributed by atoms with Crippen LogP contribution < -0.4 is 10.4 Å². The molecule has 0 bridgehead atoms. The fraction of sp³-hybridized carbons (Fsp3) is 0.300. The van der Waals surface area contributed by atoms with Gasteiger partial charge in [-0.05, 0) is 12.1 Å². The van der Waals surface area contributed by atoms with E-state index in [0.717, 1.165) is 5.56 Å². The predicted octanol–water partition coefficient (Wildman–Crippen LogP) is -1.20. The standard InChI is InChI=1S/C10H12N2O4/c13-10(14)5-6-11-7-8-1-3-9(4-2-8)12(15)16/h1-4,11H,5-7H2,(H,13,14). The maximum Gasteiger partial charge on any atom is 0.269 e. The highest BCUT2D eigenvalue weighted by Gasteiger charge is 2.04. The molecule has 0 heterocycles. The van der Waals surface area contributed by atoms with Crippen molar-refractivity contribution in [2.75, 3.05) is 6.54 Å². The lowest BCUT2D eigenvalue weighted by atomic mass is 10.2. The molecule has 6 heteroatoms. The molecule has 16 heavy (non-hydrogen) atoms. The van der Waals surface area contributed by atoms with E-state index in [-0.39, 0.29) is 12.1 Å². The number of carbonyl (C=O) groups is 1. The second-order valence-corrected chi connectivity index (χ2v) is 3.33. The second kappa shape index (κ2) is 5.82. The van der Waals surface area contributed by atoms with Gasteiger partial charge in [0.2, 0.25) is 0 Å². The molecule has 0 aliphatic heterocycles. The third kappa shape index (κ3) is 4.05. The van der Waals surface area contributed by atoms with E-state index in [0.29, 0.717) is 13.1 Å². The highest BCUT2D eigenvalue weighted by atomic mass is 16.6. The number of carboxylic acid groups (broad SMARTS) is 1. The molecule has 0 saturated heterocycles. The van der Waals surface area contributed by atoms with E-state index in [2.05, 4.69) is 0 Å². The first-order valence-corrected chi connectivity index (χ1v) is 4.84. The van der Waals surface area contributed by atoms with Crippen LogP contribution in [-0.2, 0) is 11.3 Å². The highest BCUT2D eigenvalue weighted by Crippen LogP contribution is 2.10. The first-order chi connectivity index (χ1) is 7.59. The number of nitro groups is 1. The molecule has 1 aromatic carbocycles. The summed E-state index contributed by atoms with van der Waals surface area (Å²) in [5, 5.41) is 22.3. The summed E-state index contributed by atoms with van der Waals surface area (Å²) >= 11 is 0. The van der Waals surface area contributed by atoms with Gasteiger partial charge in [-0.1, -0.05) is 0 Å². The molecule has 0 atom stereocenters. The van der Waals surface area contributed by atoms with E-state index in [4.69, 9.17) is 0 Å². The molecule has 0 fully saturated rings. The van der Waals surface area contributed by atoms with Crippen LogP contribution in [0, 0.1) is 10.1 Å². The molecular formula is C10H12N2O4. The summed E-state index contributed by atoms with van der Waals surface area (Å²) in [5.41, 5.74) is 0.974. The van der Waals surface area contributed by atoms with E-state index in [1.165, 1.54) is 12.1 Å². The van der Waals surface area contributed by atoms with E-state index < -0.39 is 10.9 Å². The Morgan fingerprint density at radius 2 is 1.94 bits per heavy atom. The molecule has 0 aromatic heterocycles. The molecule has 6 nitrogen and oxygen atoms in total. The van der Waals surface area contributed by atoms with Crippen molar-refractivity contribution < 1.29 is 20.1 Å². The minimum atomic E-state index is -1.07. The molecule has 86 valence electrons. The van der Waals surface area contributed by atoms with Crippen LogP contribution in [0.4, 0.5) is 5.69 Å². The van der Waals surface area contributed by atoms with Crippen molar-refractivity contribution in [2.45, 2.75) is 13.0 Å². The number of nitrogens with zero attached hydrogens (tertiary/aromatic N) is 1. The average molecular weight is 224 g/mol. The van der Waals surface area contributed by atoms with Crippen LogP contribution in [0.1, 0.15) is 12.0 Å². The van der Waals surface area contributed by atoms with Crippen molar-refractivity contribution in [3.63, 3.8) is 0 Å². The van der Waals surface area contributed by atoms with Crippen molar-refractivity contribution in [1.82, 2.24) is 0 Å². The van der Waals surface area contributed by atoms with Gasteiger partial charge in [0.25, 0.3) is 5.69 Å². The summed E-state index contributed by atoms with van der Waals surface area (Å²) < 4.78 is 0. The number of nitrogens with two attached hydrogens (primary N) is 1. The third-order valence-corrected chi connectivity index (χ3v) is 2.08. The first kappa shape index (κ1) is 12.1. The molecule has 0 amide bonds. The number of hydrogen-bond donors (Lipinski definition) is 1. The first-order valence-electron chi connectivity index (χ1n) is 4.84. The van der Waals surface area contributed by atoms with Gasteiger partial charge in [-0.25, -0.2) is 0 Å². The number of rotatable bonds is 6. The number of benzene rings is 1. The van der Waals surface area contributed by atoms with Crippen LogP contribution >= 0.6 is 0 Å². The SMILES string of the molecule is O=C([O-])CC[NH2+]Cc1ccc([N+](=O)[O-])cc1. The van der Waals surface area contributed by atoms with Crippen molar-refractivity contribution >= 4 is 11.7 Å². The van der Waals surface area contributed by atoms with Gasteiger partial charge in [-0.15, -0.1) is 0 Å². The highest BCUT2D eigenvalue weighted by molar-refractivity contribution is 5.64. The van der Waals surface area contributed by atoms with Gasteiger partial charge in [0.05, 0.1) is 11.5 Å².